The molecule has 142 valence electrons. The molecule has 1 aromatic carbocycles. The van der Waals surface area contributed by atoms with Crippen LogP contribution in [0.25, 0.3) is 0 Å². The lowest BCUT2D eigenvalue weighted by Gasteiger charge is -2.14. The zero-order valence-corrected chi connectivity index (χ0v) is 17.0. The highest BCUT2D eigenvalue weighted by Crippen LogP contribution is 2.27. The minimum atomic E-state index is -0.106. The van der Waals surface area contributed by atoms with Gasteiger partial charge in [-0.1, -0.05) is 39.2 Å². The molecule has 1 rings (SSSR count). The van der Waals surface area contributed by atoms with E-state index in [0.717, 1.165) is 30.0 Å². The highest BCUT2D eigenvalue weighted by molar-refractivity contribution is 7.99. The van der Waals surface area contributed by atoms with Crippen LogP contribution in [-0.4, -0.2) is 37.3 Å². The summed E-state index contributed by atoms with van der Waals surface area (Å²) in [4.78, 5) is 15.1. The van der Waals surface area contributed by atoms with Crippen LogP contribution in [0.4, 0.5) is 5.69 Å². The summed E-state index contributed by atoms with van der Waals surface area (Å²) in [6.07, 6.45) is 5.03. The van der Waals surface area contributed by atoms with Gasteiger partial charge in [0.05, 0.1) is 13.0 Å². The van der Waals surface area contributed by atoms with Crippen LogP contribution in [0.5, 0.6) is 0 Å². The number of unbranched alkanes of at least 4 members (excludes halogenated alkanes) is 1. The molecule has 1 atom stereocenters. The van der Waals surface area contributed by atoms with Crippen LogP contribution in [0.2, 0.25) is 0 Å². The number of benzene rings is 1. The van der Waals surface area contributed by atoms with Crippen molar-refractivity contribution >= 4 is 23.4 Å². The van der Waals surface area contributed by atoms with Crippen molar-refractivity contribution in [3.05, 3.63) is 23.8 Å². The third-order valence-corrected chi connectivity index (χ3v) is 5.25. The molecule has 0 amide bonds. The van der Waals surface area contributed by atoms with Gasteiger partial charge in [-0.05, 0) is 44.1 Å². The van der Waals surface area contributed by atoms with Crippen LogP contribution in [0.1, 0.15) is 51.5 Å². The van der Waals surface area contributed by atoms with E-state index < -0.39 is 0 Å². The standard InChI is InChI=1S/C20H34N2O2S/c1-5-7-8-16(6-2)15-24-20(23)11-12-25-19-10-9-17(13-18(19)21)14-22(3)4/h9-10,13,16H,5-8,11-12,14-15,21H2,1-4H3. The Bertz CT molecular complexity index is 520. The lowest BCUT2D eigenvalue weighted by molar-refractivity contribution is -0.144. The Hall–Kier alpha value is -1.20. The second-order valence-corrected chi connectivity index (χ2v) is 7.94. The highest BCUT2D eigenvalue weighted by Gasteiger charge is 2.11. The number of ether oxygens (including phenoxy) is 1. The summed E-state index contributed by atoms with van der Waals surface area (Å²) in [5, 5.41) is 0. The van der Waals surface area contributed by atoms with Gasteiger partial charge in [0.1, 0.15) is 0 Å². The second kappa shape index (κ2) is 12.2. The predicted molar refractivity (Wildman–Crippen MR) is 108 cm³/mol. The predicted octanol–water partition coefficient (Wildman–Crippen LogP) is 4.57. The first-order valence-corrected chi connectivity index (χ1v) is 10.3. The Morgan fingerprint density at radius 3 is 2.68 bits per heavy atom. The number of hydrogen-bond donors (Lipinski definition) is 1. The number of thioether (sulfide) groups is 1. The Kier molecular flexibility index (Phi) is 10.7. The third kappa shape index (κ3) is 9.17. The molecule has 0 spiro atoms. The maximum absolute atomic E-state index is 11.9. The number of carbonyl (C=O) groups excluding carboxylic acids is 1. The molecule has 0 heterocycles. The number of hydrogen-bond acceptors (Lipinski definition) is 5. The van der Waals surface area contributed by atoms with Crippen molar-refractivity contribution in [1.82, 2.24) is 4.90 Å². The molecule has 0 radical (unpaired) electrons. The molecule has 0 fully saturated rings. The summed E-state index contributed by atoms with van der Waals surface area (Å²) in [7, 11) is 4.08. The molecule has 0 saturated carbocycles. The molecular formula is C20H34N2O2S. The number of esters is 1. The summed E-state index contributed by atoms with van der Waals surface area (Å²) < 4.78 is 5.43. The first kappa shape index (κ1) is 21.8. The fourth-order valence-corrected chi connectivity index (χ4v) is 3.50. The number of rotatable bonds is 12. The van der Waals surface area contributed by atoms with Gasteiger partial charge in [-0.15, -0.1) is 11.8 Å². The topological polar surface area (TPSA) is 55.6 Å². The molecule has 1 unspecified atom stereocenters. The Balaban J connectivity index is 2.33. The molecule has 25 heavy (non-hydrogen) atoms. The summed E-state index contributed by atoms with van der Waals surface area (Å²) in [6, 6.07) is 6.15. The van der Waals surface area contributed by atoms with Crippen LogP contribution in [0.15, 0.2) is 23.1 Å². The largest absolute Gasteiger partial charge is 0.465 e. The molecule has 4 nitrogen and oxygen atoms in total. The van der Waals surface area contributed by atoms with E-state index >= 15 is 0 Å². The first-order chi connectivity index (χ1) is 12.0. The monoisotopic (exact) mass is 366 g/mol. The smallest absolute Gasteiger partial charge is 0.306 e. The Morgan fingerprint density at radius 1 is 1.32 bits per heavy atom. The van der Waals surface area contributed by atoms with Gasteiger partial charge in [0.2, 0.25) is 0 Å². The highest BCUT2D eigenvalue weighted by atomic mass is 32.2. The first-order valence-electron chi connectivity index (χ1n) is 9.27. The van der Waals surface area contributed by atoms with Crippen molar-refractivity contribution < 1.29 is 9.53 Å². The Morgan fingerprint density at radius 2 is 2.08 bits per heavy atom. The molecule has 0 saturated heterocycles. The number of nitrogen functional groups attached to an aromatic ring is 1. The van der Waals surface area contributed by atoms with Crippen molar-refractivity contribution in [2.75, 3.05) is 32.2 Å². The van der Waals surface area contributed by atoms with E-state index in [9.17, 15) is 4.79 Å². The number of anilines is 1. The minimum Gasteiger partial charge on any atom is -0.465 e. The minimum absolute atomic E-state index is 0.106. The van der Waals surface area contributed by atoms with Gasteiger partial charge in [0, 0.05) is 22.9 Å². The zero-order valence-electron chi connectivity index (χ0n) is 16.2. The van der Waals surface area contributed by atoms with Gasteiger partial charge in [0.25, 0.3) is 0 Å². The summed E-state index contributed by atoms with van der Waals surface area (Å²) in [5.74, 6) is 1.09. The van der Waals surface area contributed by atoms with Crippen LogP contribution < -0.4 is 5.73 Å². The van der Waals surface area contributed by atoms with E-state index in [1.165, 1.54) is 18.4 Å². The fraction of sp³-hybridized carbons (Fsp3) is 0.650. The quantitative estimate of drug-likeness (QED) is 0.333. The van der Waals surface area contributed by atoms with Crippen molar-refractivity contribution in [2.45, 2.75) is 57.4 Å². The van der Waals surface area contributed by atoms with Gasteiger partial charge in [-0.3, -0.25) is 4.79 Å². The average Bonchev–Trinajstić information content (AvgIpc) is 2.56. The van der Waals surface area contributed by atoms with E-state index in [1.807, 2.05) is 26.2 Å². The number of nitrogens with zero attached hydrogens (tertiary/aromatic N) is 1. The summed E-state index contributed by atoms with van der Waals surface area (Å²) in [5.41, 5.74) is 8.10. The van der Waals surface area contributed by atoms with E-state index in [1.54, 1.807) is 11.8 Å². The van der Waals surface area contributed by atoms with Gasteiger partial charge in [0.15, 0.2) is 0 Å². The molecule has 0 aliphatic rings. The molecule has 0 bridgehead atoms. The third-order valence-electron chi connectivity index (χ3n) is 4.16. The van der Waals surface area contributed by atoms with E-state index in [2.05, 4.69) is 24.8 Å². The van der Waals surface area contributed by atoms with E-state index in [0.29, 0.717) is 24.7 Å². The SMILES string of the molecule is CCCCC(CC)COC(=O)CCSc1ccc(CN(C)C)cc1N. The van der Waals surface area contributed by atoms with Crippen molar-refractivity contribution in [1.29, 1.82) is 0 Å². The average molecular weight is 367 g/mol. The van der Waals surface area contributed by atoms with Gasteiger partial charge < -0.3 is 15.4 Å². The molecule has 0 aliphatic heterocycles. The van der Waals surface area contributed by atoms with E-state index in [4.69, 9.17) is 10.5 Å². The summed E-state index contributed by atoms with van der Waals surface area (Å²) >= 11 is 1.62. The molecule has 2 N–H and O–H groups in total. The number of nitrogens with two attached hydrogens (primary N) is 1. The maximum Gasteiger partial charge on any atom is 0.306 e. The Labute approximate surface area is 157 Å². The lowest BCUT2D eigenvalue weighted by Crippen LogP contribution is -2.14. The van der Waals surface area contributed by atoms with Crippen LogP contribution in [0.3, 0.4) is 0 Å². The van der Waals surface area contributed by atoms with E-state index in [-0.39, 0.29) is 5.97 Å². The zero-order chi connectivity index (χ0) is 18.7. The number of carbonyl (C=O) groups is 1. The normalized spacial score (nSPS) is 12.4. The van der Waals surface area contributed by atoms with Gasteiger partial charge >= 0.3 is 5.97 Å². The fourth-order valence-electron chi connectivity index (χ4n) is 2.62. The maximum atomic E-state index is 11.9. The molecule has 1 aromatic rings. The molecular weight excluding hydrogens is 332 g/mol. The molecule has 0 aromatic heterocycles. The molecule has 5 heteroatoms. The summed E-state index contributed by atoms with van der Waals surface area (Å²) in [6.45, 7) is 5.78. The van der Waals surface area contributed by atoms with Crippen molar-refractivity contribution in [3.63, 3.8) is 0 Å². The van der Waals surface area contributed by atoms with Crippen LogP contribution >= 0.6 is 11.8 Å². The van der Waals surface area contributed by atoms with Gasteiger partial charge in [-0.2, -0.15) is 0 Å². The lowest BCUT2D eigenvalue weighted by atomic mass is 10.0. The van der Waals surface area contributed by atoms with Crippen LogP contribution in [0, 0.1) is 5.92 Å². The van der Waals surface area contributed by atoms with Crippen molar-refractivity contribution in [3.8, 4) is 0 Å². The molecule has 0 aliphatic carbocycles. The second-order valence-electron chi connectivity index (χ2n) is 6.81. The van der Waals surface area contributed by atoms with Crippen molar-refractivity contribution in [2.24, 2.45) is 5.92 Å². The van der Waals surface area contributed by atoms with Gasteiger partial charge in [-0.25, -0.2) is 0 Å². The van der Waals surface area contributed by atoms with Crippen LogP contribution in [-0.2, 0) is 16.1 Å².